The van der Waals surface area contributed by atoms with Crippen molar-refractivity contribution in [2.24, 2.45) is 5.41 Å². The molecule has 1 saturated heterocycles. The minimum absolute atomic E-state index is 0.0737. The van der Waals surface area contributed by atoms with Gasteiger partial charge in [0.05, 0.1) is 6.20 Å². The van der Waals surface area contributed by atoms with E-state index in [0.717, 1.165) is 30.8 Å². The van der Waals surface area contributed by atoms with Crippen LogP contribution in [0, 0.1) is 5.41 Å². The average Bonchev–Trinajstić information content (AvgIpc) is 2.64. The van der Waals surface area contributed by atoms with E-state index in [1.165, 1.54) is 18.3 Å². The standard InChI is InChI=1S/C17H20F3N5OS/c1-16(10-26)4-7-25(8-5-16)12-9-23-15(14(21)24-12)27-11-3-2-6-22-13(11)17(18,19)20/h2-3,6,9,26H,4-5,7-8,10H2,1H3,(H2,21,24). The Morgan fingerprint density at radius 1 is 1.30 bits per heavy atom. The molecule has 2 aromatic heterocycles. The van der Waals surface area contributed by atoms with Crippen LogP contribution in [0.1, 0.15) is 25.5 Å². The molecule has 0 aliphatic carbocycles. The number of halogens is 3. The molecule has 3 rings (SSSR count). The number of nitrogens with two attached hydrogens (primary N) is 1. The van der Waals surface area contributed by atoms with Gasteiger partial charge in [0, 0.05) is 30.8 Å². The zero-order valence-electron chi connectivity index (χ0n) is 14.7. The molecule has 0 atom stereocenters. The first-order valence-corrected chi connectivity index (χ1v) is 9.22. The number of alkyl halides is 3. The summed E-state index contributed by atoms with van der Waals surface area (Å²) in [6.45, 7) is 3.59. The lowest BCUT2D eigenvalue weighted by molar-refractivity contribution is -0.143. The summed E-state index contributed by atoms with van der Waals surface area (Å²) in [6.07, 6.45) is -0.317. The molecule has 2 aromatic rings. The Bertz CT molecular complexity index is 809. The Balaban J connectivity index is 1.77. The van der Waals surface area contributed by atoms with Crippen LogP contribution in [0.4, 0.5) is 24.8 Å². The van der Waals surface area contributed by atoms with Crippen molar-refractivity contribution in [3.63, 3.8) is 0 Å². The number of nitrogens with zero attached hydrogens (tertiary/aromatic N) is 4. The molecule has 146 valence electrons. The third kappa shape index (κ3) is 4.44. The van der Waals surface area contributed by atoms with Gasteiger partial charge in [-0.1, -0.05) is 18.7 Å². The molecule has 0 radical (unpaired) electrons. The zero-order chi connectivity index (χ0) is 19.7. The lowest BCUT2D eigenvalue weighted by Crippen LogP contribution is -2.40. The second-order valence-electron chi connectivity index (χ2n) is 6.82. The van der Waals surface area contributed by atoms with E-state index in [0.29, 0.717) is 18.9 Å². The van der Waals surface area contributed by atoms with Crippen LogP contribution >= 0.6 is 11.8 Å². The molecular formula is C17H20F3N5OS. The first-order chi connectivity index (χ1) is 12.7. The topological polar surface area (TPSA) is 88.2 Å². The van der Waals surface area contributed by atoms with E-state index in [-0.39, 0.29) is 27.8 Å². The monoisotopic (exact) mass is 399 g/mol. The largest absolute Gasteiger partial charge is 0.434 e. The first kappa shape index (κ1) is 19.7. The summed E-state index contributed by atoms with van der Waals surface area (Å²) >= 11 is 0.794. The molecular weight excluding hydrogens is 379 g/mol. The molecule has 6 nitrogen and oxygen atoms in total. The molecule has 0 spiro atoms. The van der Waals surface area contributed by atoms with Gasteiger partial charge in [-0.15, -0.1) is 0 Å². The Morgan fingerprint density at radius 3 is 2.59 bits per heavy atom. The molecule has 27 heavy (non-hydrogen) atoms. The van der Waals surface area contributed by atoms with Crippen molar-refractivity contribution in [3.8, 4) is 0 Å². The van der Waals surface area contributed by atoms with Crippen molar-refractivity contribution in [1.82, 2.24) is 15.0 Å². The van der Waals surface area contributed by atoms with Gasteiger partial charge in [0.25, 0.3) is 0 Å². The highest BCUT2D eigenvalue weighted by Crippen LogP contribution is 2.39. The van der Waals surface area contributed by atoms with Crippen LogP contribution in [0.5, 0.6) is 0 Å². The van der Waals surface area contributed by atoms with Gasteiger partial charge < -0.3 is 15.7 Å². The summed E-state index contributed by atoms with van der Waals surface area (Å²) in [7, 11) is 0. The summed E-state index contributed by atoms with van der Waals surface area (Å²) in [6, 6.07) is 2.76. The maximum atomic E-state index is 13.1. The average molecular weight is 399 g/mol. The minimum atomic E-state index is -4.56. The maximum absolute atomic E-state index is 13.1. The molecule has 3 heterocycles. The van der Waals surface area contributed by atoms with E-state index in [2.05, 4.69) is 15.0 Å². The number of piperidine rings is 1. The Hall–Kier alpha value is -2.07. The van der Waals surface area contributed by atoms with E-state index in [1.807, 2.05) is 11.8 Å². The van der Waals surface area contributed by atoms with Gasteiger partial charge >= 0.3 is 6.18 Å². The fourth-order valence-corrected chi connectivity index (χ4v) is 3.71. The van der Waals surface area contributed by atoms with Gasteiger partial charge in [0.1, 0.15) is 10.8 Å². The molecule has 1 fully saturated rings. The number of hydrogen-bond donors (Lipinski definition) is 2. The second-order valence-corrected chi connectivity index (χ2v) is 7.86. The van der Waals surface area contributed by atoms with Gasteiger partial charge in [-0.05, 0) is 30.4 Å². The third-order valence-electron chi connectivity index (χ3n) is 4.67. The molecule has 0 amide bonds. The SMILES string of the molecule is CC1(CO)CCN(c2cnc(Sc3cccnc3C(F)(F)F)c(N)n2)CC1. The molecule has 1 aliphatic rings. The smallest absolute Gasteiger partial charge is 0.396 e. The number of aliphatic hydroxyl groups excluding tert-OH is 1. The van der Waals surface area contributed by atoms with Crippen molar-refractivity contribution >= 4 is 23.4 Å². The Morgan fingerprint density at radius 2 is 2.00 bits per heavy atom. The number of rotatable bonds is 4. The van der Waals surface area contributed by atoms with Crippen molar-refractivity contribution in [1.29, 1.82) is 0 Å². The van der Waals surface area contributed by atoms with Gasteiger partial charge in [0.2, 0.25) is 0 Å². The summed E-state index contributed by atoms with van der Waals surface area (Å²) in [5.74, 6) is 0.657. The summed E-state index contributed by atoms with van der Waals surface area (Å²) in [4.78, 5) is 13.9. The fraction of sp³-hybridized carbons (Fsp3) is 0.471. The highest BCUT2D eigenvalue weighted by atomic mass is 32.2. The van der Waals surface area contributed by atoms with E-state index in [4.69, 9.17) is 5.73 Å². The molecule has 1 aliphatic heterocycles. The van der Waals surface area contributed by atoms with Gasteiger partial charge in [-0.2, -0.15) is 13.2 Å². The van der Waals surface area contributed by atoms with E-state index in [9.17, 15) is 18.3 Å². The van der Waals surface area contributed by atoms with E-state index in [1.54, 1.807) is 0 Å². The predicted molar refractivity (Wildman–Crippen MR) is 96.4 cm³/mol. The van der Waals surface area contributed by atoms with Crippen LogP contribution in [-0.4, -0.2) is 39.8 Å². The predicted octanol–water partition coefficient (Wildman–Crippen LogP) is 3.22. The van der Waals surface area contributed by atoms with Crippen LogP contribution < -0.4 is 10.6 Å². The minimum Gasteiger partial charge on any atom is -0.396 e. The number of pyridine rings is 1. The van der Waals surface area contributed by atoms with Crippen molar-refractivity contribution in [3.05, 3.63) is 30.2 Å². The maximum Gasteiger partial charge on any atom is 0.434 e. The van der Waals surface area contributed by atoms with Crippen LogP contribution in [0.3, 0.4) is 0 Å². The highest BCUT2D eigenvalue weighted by molar-refractivity contribution is 7.99. The first-order valence-electron chi connectivity index (χ1n) is 8.40. The quantitative estimate of drug-likeness (QED) is 0.816. The summed E-state index contributed by atoms with van der Waals surface area (Å²) in [5.41, 5.74) is 4.88. The fourth-order valence-electron chi connectivity index (χ4n) is 2.84. The van der Waals surface area contributed by atoms with Crippen molar-refractivity contribution in [2.75, 3.05) is 30.3 Å². The Kier molecular flexibility index (Phi) is 5.48. The van der Waals surface area contributed by atoms with Crippen LogP contribution in [0.2, 0.25) is 0 Å². The Labute approximate surface area is 159 Å². The van der Waals surface area contributed by atoms with Gasteiger partial charge in [0.15, 0.2) is 11.5 Å². The highest BCUT2D eigenvalue weighted by Gasteiger charge is 2.36. The molecule has 0 bridgehead atoms. The van der Waals surface area contributed by atoms with Gasteiger partial charge in [-0.25, -0.2) is 9.97 Å². The number of aliphatic hydroxyl groups is 1. The zero-order valence-corrected chi connectivity index (χ0v) is 15.5. The van der Waals surface area contributed by atoms with E-state index < -0.39 is 11.9 Å². The number of anilines is 2. The molecule has 3 N–H and O–H groups in total. The molecule has 10 heteroatoms. The van der Waals surface area contributed by atoms with Gasteiger partial charge in [-0.3, -0.25) is 4.98 Å². The summed E-state index contributed by atoms with van der Waals surface area (Å²) < 4.78 is 39.2. The lowest BCUT2D eigenvalue weighted by Gasteiger charge is -2.38. The molecule has 0 unspecified atom stereocenters. The second kappa shape index (κ2) is 7.51. The number of nitrogen functional groups attached to an aromatic ring is 1. The van der Waals surface area contributed by atoms with Crippen LogP contribution in [0.15, 0.2) is 34.4 Å². The normalized spacial score (nSPS) is 17.1. The summed E-state index contributed by atoms with van der Waals surface area (Å²) in [5, 5.41) is 9.66. The lowest BCUT2D eigenvalue weighted by atomic mass is 9.81. The van der Waals surface area contributed by atoms with Crippen molar-refractivity contribution in [2.45, 2.75) is 35.9 Å². The molecule has 0 saturated carbocycles. The third-order valence-corrected chi connectivity index (χ3v) is 5.73. The molecule has 0 aromatic carbocycles. The van der Waals surface area contributed by atoms with Crippen molar-refractivity contribution < 1.29 is 18.3 Å². The van der Waals surface area contributed by atoms with Crippen LogP contribution in [-0.2, 0) is 6.18 Å². The van der Waals surface area contributed by atoms with Crippen LogP contribution in [0.25, 0.3) is 0 Å². The number of aromatic nitrogens is 3. The van der Waals surface area contributed by atoms with E-state index >= 15 is 0 Å². The number of hydrogen-bond acceptors (Lipinski definition) is 7.